The van der Waals surface area contributed by atoms with Crippen molar-refractivity contribution in [1.82, 2.24) is 9.78 Å². The predicted molar refractivity (Wildman–Crippen MR) is 110 cm³/mol. The van der Waals surface area contributed by atoms with Crippen LogP contribution < -0.4 is 0 Å². The number of fused-ring (bicyclic) bond motifs is 4. The second-order valence-electron chi connectivity index (χ2n) is 9.12. The average molecular weight is 374 g/mol. The van der Waals surface area contributed by atoms with E-state index in [1.807, 2.05) is 17.8 Å². The Morgan fingerprint density at radius 1 is 1.21 bits per heavy atom. The van der Waals surface area contributed by atoms with Gasteiger partial charge in [-0.3, -0.25) is 4.68 Å². The van der Waals surface area contributed by atoms with E-state index in [1.165, 1.54) is 16.8 Å². The minimum Gasteiger partial charge on any atom is -0.523 e. The lowest BCUT2D eigenvalue weighted by atomic mass is 9.51. The first-order valence-corrected chi connectivity index (χ1v) is 10.4. The molecule has 4 nitrogen and oxygen atoms in total. The molecule has 0 bridgehead atoms. The molecular weight excluding hydrogens is 346 g/mol. The summed E-state index contributed by atoms with van der Waals surface area (Å²) in [6.07, 6.45) is 6.96. The fraction of sp³-hybridized carbons (Fsp3) is 0.500. The molecule has 0 saturated heterocycles. The van der Waals surface area contributed by atoms with Crippen LogP contribution in [0.5, 0.6) is 0 Å². The maximum atomic E-state index is 11.1. The van der Waals surface area contributed by atoms with Crippen LogP contribution in [-0.4, -0.2) is 14.9 Å². The summed E-state index contributed by atoms with van der Waals surface area (Å²) in [4.78, 5) is 3.79. The predicted octanol–water partition coefficient (Wildman–Crippen LogP) is 5.56. The highest BCUT2D eigenvalue weighted by Crippen LogP contribution is 2.64. The van der Waals surface area contributed by atoms with Gasteiger partial charge in [0.05, 0.1) is 18.0 Å². The number of hydrogen-bond donors (Lipinski definition) is 1. The highest BCUT2D eigenvalue weighted by Gasteiger charge is 2.59. The van der Waals surface area contributed by atoms with E-state index in [0.29, 0.717) is 23.8 Å². The minimum atomic E-state index is -0.213. The van der Waals surface area contributed by atoms with Gasteiger partial charge in [-0.25, -0.2) is 4.85 Å². The molecule has 2 atom stereocenters. The Kier molecular flexibility index (Phi) is 3.75. The van der Waals surface area contributed by atoms with Gasteiger partial charge in [-0.05, 0) is 38.0 Å². The van der Waals surface area contributed by atoms with Crippen molar-refractivity contribution in [3.8, 4) is 11.3 Å². The number of aliphatic hydroxyl groups is 1. The average Bonchev–Trinajstić information content (AvgIpc) is 3.31. The largest absolute Gasteiger partial charge is 0.523 e. The fourth-order valence-corrected chi connectivity index (χ4v) is 6.65. The molecule has 5 rings (SSSR count). The molecule has 1 spiro atoms. The van der Waals surface area contributed by atoms with Crippen molar-refractivity contribution in [2.45, 2.75) is 57.3 Å². The van der Waals surface area contributed by atoms with Crippen LogP contribution in [0.25, 0.3) is 16.1 Å². The lowest BCUT2D eigenvalue weighted by Gasteiger charge is -2.53. The highest BCUT2D eigenvalue weighted by atomic mass is 16.3. The van der Waals surface area contributed by atoms with Crippen molar-refractivity contribution in [1.29, 1.82) is 0 Å². The molecule has 1 fully saturated rings. The van der Waals surface area contributed by atoms with Gasteiger partial charge in [0.2, 0.25) is 5.70 Å². The molecular formula is C24H27N3O. The Labute approximate surface area is 166 Å². The fourth-order valence-electron chi connectivity index (χ4n) is 6.65. The third-order valence-electron chi connectivity index (χ3n) is 7.76. The normalized spacial score (nSPS) is 28.1. The van der Waals surface area contributed by atoms with Gasteiger partial charge in [0.15, 0.2) is 0 Å². The maximum absolute atomic E-state index is 11.1. The first kappa shape index (κ1) is 17.6. The zero-order valence-electron chi connectivity index (χ0n) is 16.7. The number of nitrogens with zero attached hydrogens (tertiary/aromatic N) is 3. The van der Waals surface area contributed by atoms with Crippen molar-refractivity contribution >= 4 is 0 Å². The van der Waals surface area contributed by atoms with Gasteiger partial charge in [-0.1, -0.05) is 50.1 Å². The van der Waals surface area contributed by atoms with Gasteiger partial charge < -0.3 is 5.11 Å². The molecule has 1 aromatic heterocycles. The van der Waals surface area contributed by atoms with Crippen LogP contribution in [0.15, 0.2) is 41.8 Å². The van der Waals surface area contributed by atoms with E-state index in [9.17, 15) is 5.11 Å². The summed E-state index contributed by atoms with van der Waals surface area (Å²) in [5.41, 5.74) is 5.08. The van der Waals surface area contributed by atoms with Gasteiger partial charge >= 0.3 is 0 Å². The molecule has 3 aliphatic rings. The molecule has 4 heteroatoms. The number of aliphatic hydroxyl groups excluding tert-OH is 1. The first-order valence-electron chi connectivity index (χ1n) is 10.4. The Hall–Kier alpha value is -2.54. The topological polar surface area (TPSA) is 42.4 Å². The van der Waals surface area contributed by atoms with Crippen molar-refractivity contribution in [2.75, 3.05) is 0 Å². The molecule has 2 aromatic rings. The van der Waals surface area contributed by atoms with Gasteiger partial charge in [-0.15, -0.1) is 0 Å². The van der Waals surface area contributed by atoms with E-state index in [1.54, 1.807) is 0 Å². The third-order valence-corrected chi connectivity index (χ3v) is 7.76. The van der Waals surface area contributed by atoms with E-state index >= 15 is 0 Å². The smallest absolute Gasteiger partial charge is 0.203 e. The molecule has 3 aliphatic carbocycles. The van der Waals surface area contributed by atoms with Crippen LogP contribution in [0.3, 0.4) is 0 Å². The van der Waals surface area contributed by atoms with Crippen molar-refractivity contribution in [2.24, 2.45) is 18.4 Å². The van der Waals surface area contributed by atoms with Crippen LogP contribution in [0, 0.1) is 17.9 Å². The number of aryl methyl sites for hydroxylation is 1. The zero-order chi connectivity index (χ0) is 19.5. The van der Waals surface area contributed by atoms with Gasteiger partial charge in [0.25, 0.3) is 0 Å². The number of benzene rings is 1. The Morgan fingerprint density at radius 2 is 1.93 bits per heavy atom. The van der Waals surface area contributed by atoms with Crippen molar-refractivity contribution < 1.29 is 5.11 Å². The molecule has 1 heterocycles. The van der Waals surface area contributed by atoms with Gasteiger partial charge in [-0.2, -0.15) is 5.10 Å². The van der Waals surface area contributed by atoms with E-state index in [0.717, 1.165) is 44.2 Å². The molecule has 1 N–H and O–H groups in total. The molecule has 0 radical (unpaired) electrons. The third kappa shape index (κ3) is 2.13. The van der Waals surface area contributed by atoms with Crippen LogP contribution in [0.1, 0.15) is 56.7 Å². The molecule has 144 valence electrons. The number of aromatic nitrogens is 2. The Balaban J connectivity index is 1.71. The van der Waals surface area contributed by atoms with Crippen LogP contribution in [-0.2, 0) is 18.9 Å². The van der Waals surface area contributed by atoms with Gasteiger partial charge in [0, 0.05) is 29.0 Å². The second kappa shape index (κ2) is 5.98. The van der Waals surface area contributed by atoms with Crippen LogP contribution in [0.4, 0.5) is 0 Å². The van der Waals surface area contributed by atoms with E-state index in [-0.39, 0.29) is 10.8 Å². The summed E-state index contributed by atoms with van der Waals surface area (Å²) in [7, 11) is 2.04. The lowest BCUT2D eigenvalue weighted by Crippen LogP contribution is -2.50. The summed E-state index contributed by atoms with van der Waals surface area (Å²) in [6.45, 7) is 10.0. The molecule has 0 unspecified atom stereocenters. The lowest BCUT2D eigenvalue weighted by molar-refractivity contribution is 0.0391. The summed E-state index contributed by atoms with van der Waals surface area (Å²) < 4.78 is 2.03. The number of hydrogen-bond acceptors (Lipinski definition) is 2. The zero-order valence-corrected chi connectivity index (χ0v) is 16.7. The van der Waals surface area contributed by atoms with E-state index in [2.05, 4.69) is 36.0 Å². The van der Waals surface area contributed by atoms with Gasteiger partial charge in [0.1, 0.15) is 5.76 Å². The standard InChI is InChI=1S/C24H27N3O/c1-23-15-18(25-2)22(28)24(13-7-8-14-24)19(23)12-11-17-20(27(3)26-21(17)23)16-9-5-4-6-10-16/h4-6,9-10,19,28H,7-8,11-15H2,1,3H3/t19-,23+/m1/s1. The summed E-state index contributed by atoms with van der Waals surface area (Å²) in [5, 5.41) is 16.1. The summed E-state index contributed by atoms with van der Waals surface area (Å²) in [5.74, 6) is 0.768. The molecule has 1 saturated carbocycles. The summed E-state index contributed by atoms with van der Waals surface area (Å²) in [6, 6.07) is 10.5. The van der Waals surface area contributed by atoms with E-state index in [4.69, 9.17) is 11.7 Å². The summed E-state index contributed by atoms with van der Waals surface area (Å²) >= 11 is 0. The second-order valence-corrected chi connectivity index (χ2v) is 9.12. The Bertz CT molecular complexity index is 1000. The number of allylic oxidation sites excluding steroid dienone is 2. The van der Waals surface area contributed by atoms with Crippen LogP contribution >= 0.6 is 0 Å². The molecule has 0 aliphatic heterocycles. The van der Waals surface area contributed by atoms with Crippen molar-refractivity contribution in [3.05, 3.63) is 64.5 Å². The van der Waals surface area contributed by atoms with Crippen molar-refractivity contribution in [3.63, 3.8) is 0 Å². The van der Waals surface area contributed by atoms with Crippen LogP contribution in [0.2, 0.25) is 0 Å². The number of rotatable bonds is 1. The monoisotopic (exact) mass is 373 g/mol. The Morgan fingerprint density at radius 3 is 2.61 bits per heavy atom. The SMILES string of the molecule is [C-]#[N+]C1=C(O)C2(CCCC2)[C@@H]2CCc3c(nn(C)c3-c3ccccc3)[C@@]2(C)C1. The van der Waals surface area contributed by atoms with E-state index < -0.39 is 0 Å². The molecule has 28 heavy (non-hydrogen) atoms. The maximum Gasteiger partial charge on any atom is 0.203 e. The first-order chi connectivity index (χ1) is 13.5. The highest BCUT2D eigenvalue weighted by molar-refractivity contribution is 5.66. The molecule has 1 aromatic carbocycles. The minimum absolute atomic E-state index is 0.186. The molecule has 0 amide bonds. The quantitative estimate of drug-likeness (QED) is 0.665.